The van der Waals surface area contributed by atoms with Crippen LogP contribution in [0.1, 0.15) is 18.5 Å². The molecular weight excluding hydrogens is 396 g/mol. The van der Waals surface area contributed by atoms with Crippen molar-refractivity contribution in [2.24, 2.45) is 16.0 Å². The van der Waals surface area contributed by atoms with Crippen molar-refractivity contribution in [3.05, 3.63) is 71.1 Å². The summed E-state index contributed by atoms with van der Waals surface area (Å²) >= 11 is 0. The van der Waals surface area contributed by atoms with Gasteiger partial charge in [0.1, 0.15) is 5.69 Å². The zero-order valence-electron chi connectivity index (χ0n) is 15.5. The number of nitro groups is 1. The van der Waals surface area contributed by atoms with Crippen LogP contribution >= 0.6 is 0 Å². The van der Waals surface area contributed by atoms with Gasteiger partial charge in [-0.15, -0.1) is 0 Å². The summed E-state index contributed by atoms with van der Waals surface area (Å²) in [6.45, 7) is 3.68. The molecule has 1 aliphatic rings. The normalized spacial score (nSPS) is 17.0. The van der Waals surface area contributed by atoms with Crippen molar-refractivity contribution in [2.75, 3.05) is 0 Å². The predicted molar refractivity (Wildman–Crippen MR) is 104 cm³/mol. The first kappa shape index (κ1) is 20.4. The number of rotatable bonds is 4. The maximum absolute atomic E-state index is 11.7. The largest absolute Gasteiger partial charge is 0.335 e. The topological polar surface area (TPSA) is 155 Å². The van der Waals surface area contributed by atoms with Crippen molar-refractivity contribution in [1.82, 2.24) is 9.74 Å². The number of carbonyl (C=O) groups excluding carboxylic acids is 2. The van der Waals surface area contributed by atoms with E-state index in [-0.39, 0.29) is 29.9 Å². The third kappa shape index (κ3) is 4.39. The average Bonchev–Trinajstić information content (AvgIpc) is 3.22. The van der Waals surface area contributed by atoms with E-state index in [0.29, 0.717) is 10.9 Å². The van der Waals surface area contributed by atoms with Crippen molar-refractivity contribution in [2.45, 2.75) is 12.8 Å². The molecule has 0 aliphatic carbocycles. The van der Waals surface area contributed by atoms with E-state index in [1.165, 1.54) is 16.7 Å². The minimum Gasteiger partial charge on any atom is -0.322 e. The maximum atomic E-state index is 11.7. The van der Waals surface area contributed by atoms with E-state index in [2.05, 4.69) is 21.6 Å². The van der Waals surface area contributed by atoms with E-state index in [4.69, 9.17) is 10.7 Å². The van der Waals surface area contributed by atoms with Crippen LogP contribution in [0.5, 0.6) is 0 Å². The second-order valence-electron chi connectivity index (χ2n) is 5.85. The summed E-state index contributed by atoms with van der Waals surface area (Å²) < 4.78 is 1.52. The lowest BCUT2D eigenvalue weighted by Crippen LogP contribution is -2.38. The monoisotopic (exact) mass is 412 g/mol. The zero-order chi connectivity index (χ0) is 21.7. The van der Waals surface area contributed by atoms with E-state index >= 15 is 0 Å². The molecular formula is C18H16N6O6. The number of para-hydroxylation sites is 2. The number of aliphatic imine (C=N–C) groups is 1. The first-order chi connectivity index (χ1) is 14.4. The molecule has 0 saturated heterocycles. The highest BCUT2D eigenvalue weighted by atomic mass is 16.7. The molecule has 12 nitrogen and oxygen atoms in total. The summed E-state index contributed by atoms with van der Waals surface area (Å²) in [4.78, 5) is 47.8. The fourth-order valence-corrected chi connectivity index (χ4v) is 2.58. The average molecular weight is 412 g/mol. The molecule has 0 fully saturated rings. The Morgan fingerprint density at radius 1 is 1.23 bits per heavy atom. The molecule has 0 unspecified atom stereocenters. The van der Waals surface area contributed by atoms with Crippen LogP contribution < -0.4 is 5.84 Å². The Labute approximate surface area is 169 Å². The Balaban J connectivity index is 2.06. The lowest BCUT2D eigenvalue weighted by Gasteiger charge is -2.15. The maximum Gasteiger partial charge on any atom is 0.335 e. The molecule has 0 spiro atoms. The molecule has 0 atom stereocenters. The molecule has 2 aromatic rings. The van der Waals surface area contributed by atoms with Crippen molar-refractivity contribution in [1.29, 1.82) is 0 Å². The number of hydrogen-bond acceptors (Lipinski definition) is 10. The van der Waals surface area contributed by atoms with Crippen molar-refractivity contribution < 1.29 is 24.2 Å². The van der Waals surface area contributed by atoms with Gasteiger partial charge in [-0.25, -0.2) is 20.4 Å². The quantitative estimate of drug-likeness (QED) is 0.261. The molecule has 12 heteroatoms. The van der Waals surface area contributed by atoms with Gasteiger partial charge in [-0.3, -0.25) is 10.1 Å². The van der Waals surface area contributed by atoms with Crippen LogP contribution in [0.15, 0.2) is 65.4 Å². The van der Waals surface area contributed by atoms with E-state index in [0.717, 1.165) is 0 Å². The Bertz CT molecular complexity index is 1070. The van der Waals surface area contributed by atoms with Gasteiger partial charge >= 0.3 is 17.9 Å². The number of hydrogen-bond donors (Lipinski definition) is 1. The second-order valence-corrected chi connectivity index (χ2v) is 5.85. The second kappa shape index (κ2) is 8.79. The fourth-order valence-electron chi connectivity index (χ4n) is 2.58. The number of guanidine groups is 1. The van der Waals surface area contributed by atoms with Gasteiger partial charge < -0.3 is 14.2 Å². The smallest absolute Gasteiger partial charge is 0.322 e. The standard InChI is InChI=1S/C18H16N6O6/c1-2-12(20-18-21-29-16(25)9-10-17(26)30-23(18)19)13-8-5-11-22(13)14-6-3-4-7-15(14)24(27)28/h2-8,11H,1,9-10,19H2/b20-12+,21-18-. The van der Waals surface area contributed by atoms with Crippen LogP contribution in [0.2, 0.25) is 0 Å². The van der Waals surface area contributed by atoms with Gasteiger partial charge in [-0.05, 0) is 29.4 Å². The van der Waals surface area contributed by atoms with Crippen LogP contribution in [-0.2, 0) is 19.3 Å². The van der Waals surface area contributed by atoms with E-state index in [1.807, 2.05) is 0 Å². The van der Waals surface area contributed by atoms with Gasteiger partial charge in [0.15, 0.2) is 0 Å². The van der Waals surface area contributed by atoms with Crippen molar-refractivity contribution >= 4 is 29.3 Å². The van der Waals surface area contributed by atoms with Crippen LogP contribution in [0.3, 0.4) is 0 Å². The van der Waals surface area contributed by atoms with Crippen LogP contribution in [0.4, 0.5) is 5.69 Å². The third-order valence-electron chi connectivity index (χ3n) is 3.92. The van der Waals surface area contributed by atoms with Crippen LogP contribution in [-0.4, -0.2) is 38.3 Å². The summed E-state index contributed by atoms with van der Waals surface area (Å²) in [5.41, 5.74) is 0.726. The summed E-state index contributed by atoms with van der Waals surface area (Å²) in [5.74, 6) is 3.67. The summed E-state index contributed by atoms with van der Waals surface area (Å²) in [6, 6.07) is 9.42. The molecule has 1 aromatic carbocycles. The van der Waals surface area contributed by atoms with Crippen molar-refractivity contribution in [3.63, 3.8) is 0 Å². The Morgan fingerprint density at radius 2 is 1.97 bits per heavy atom. The number of hydrazine groups is 1. The number of aromatic nitrogens is 1. The number of nitrogens with two attached hydrogens (primary N) is 1. The Morgan fingerprint density at radius 3 is 2.70 bits per heavy atom. The van der Waals surface area contributed by atoms with Gasteiger partial charge in [0, 0.05) is 12.3 Å². The summed E-state index contributed by atoms with van der Waals surface area (Å²) in [5, 5.41) is 15.4. The molecule has 3 rings (SSSR count). The number of carbonyl (C=O) groups is 2. The molecule has 1 aromatic heterocycles. The van der Waals surface area contributed by atoms with Gasteiger partial charge in [-0.2, -0.15) is 0 Å². The first-order valence-electron chi connectivity index (χ1n) is 8.57. The Hall–Kier alpha value is -4.32. The fraction of sp³-hybridized carbons (Fsp3) is 0.111. The van der Waals surface area contributed by atoms with Gasteiger partial charge in [0.2, 0.25) is 0 Å². The Kier molecular flexibility index (Phi) is 5.98. The highest BCUT2D eigenvalue weighted by Crippen LogP contribution is 2.24. The number of allylic oxidation sites excluding steroid dienone is 1. The molecule has 30 heavy (non-hydrogen) atoms. The van der Waals surface area contributed by atoms with E-state index in [9.17, 15) is 19.7 Å². The van der Waals surface area contributed by atoms with E-state index in [1.54, 1.807) is 36.5 Å². The number of oxime groups is 1. The number of benzene rings is 1. The molecule has 2 heterocycles. The van der Waals surface area contributed by atoms with Gasteiger partial charge in [0.25, 0.3) is 5.69 Å². The number of nitrogens with zero attached hydrogens (tertiary/aromatic N) is 5. The first-order valence-corrected chi connectivity index (χ1v) is 8.57. The SMILES string of the molecule is C=C/C(=N\C1=N\OC(=O)CCC(=O)ON1N)c1cccn1-c1ccccc1[N+](=O)[O-]. The minimum absolute atomic E-state index is 0.124. The van der Waals surface area contributed by atoms with Crippen LogP contribution in [0, 0.1) is 10.1 Å². The zero-order valence-corrected chi connectivity index (χ0v) is 15.5. The van der Waals surface area contributed by atoms with Crippen molar-refractivity contribution in [3.8, 4) is 5.69 Å². The number of nitro benzene ring substituents is 1. The lowest BCUT2D eigenvalue weighted by molar-refractivity contribution is -0.384. The van der Waals surface area contributed by atoms with Crippen LogP contribution in [0.25, 0.3) is 5.69 Å². The predicted octanol–water partition coefficient (Wildman–Crippen LogP) is 1.60. The molecule has 1 aliphatic heterocycles. The molecule has 0 saturated carbocycles. The molecule has 0 amide bonds. The third-order valence-corrected chi connectivity index (χ3v) is 3.92. The molecule has 154 valence electrons. The molecule has 0 radical (unpaired) electrons. The minimum atomic E-state index is -0.775. The van der Waals surface area contributed by atoms with E-state index < -0.39 is 22.8 Å². The summed E-state index contributed by atoms with van der Waals surface area (Å²) in [7, 11) is 0. The highest BCUT2D eigenvalue weighted by molar-refractivity contribution is 6.12. The number of hydroxylamine groups is 1. The van der Waals surface area contributed by atoms with Gasteiger partial charge in [0.05, 0.1) is 29.2 Å². The molecule has 2 N–H and O–H groups in total. The van der Waals surface area contributed by atoms with Gasteiger partial charge in [-0.1, -0.05) is 23.9 Å². The molecule has 0 bridgehead atoms. The lowest BCUT2D eigenvalue weighted by atomic mass is 10.2. The summed E-state index contributed by atoms with van der Waals surface area (Å²) in [6.07, 6.45) is 2.46. The highest BCUT2D eigenvalue weighted by Gasteiger charge is 2.22.